The van der Waals surface area contributed by atoms with Crippen molar-refractivity contribution in [3.63, 3.8) is 0 Å². The molecule has 41 heavy (non-hydrogen) atoms. The molecule has 218 valence electrons. The number of methoxy groups -OCH3 is 1. The van der Waals surface area contributed by atoms with E-state index in [1.54, 1.807) is 6.07 Å². The maximum Gasteiger partial charge on any atom is 0.420 e. The number of benzene rings is 3. The van der Waals surface area contributed by atoms with Crippen molar-refractivity contribution in [1.29, 1.82) is 0 Å². The number of hydrogen-bond acceptors (Lipinski definition) is 9. The van der Waals surface area contributed by atoms with Gasteiger partial charge < -0.3 is 9.64 Å². The maximum atomic E-state index is 13.6. The highest BCUT2D eigenvalue weighted by Crippen LogP contribution is 2.40. The van der Waals surface area contributed by atoms with Crippen LogP contribution in [0.3, 0.4) is 0 Å². The molecule has 0 saturated heterocycles. The molecule has 1 aliphatic heterocycles. The molecule has 1 unspecified atom stereocenters. The molecule has 0 fully saturated rings. The molecule has 0 aliphatic carbocycles. The Labute approximate surface area is 234 Å². The van der Waals surface area contributed by atoms with Crippen molar-refractivity contribution in [3.05, 3.63) is 88.0 Å². The number of nitro benzene ring substituents is 1. The van der Waals surface area contributed by atoms with Crippen LogP contribution in [0.2, 0.25) is 0 Å². The van der Waals surface area contributed by atoms with Gasteiger partial charge in [-0.15, -0.1) is 5.11 Å². The van der Waals surface area contributed by atoms with Crippen LogP contribution in [0.5, 0.6) is 5.75 Å². The zero-order valence-corrected chi connectivity index (χ0v) is 22.8. The first-order chi connectivity index (χ1) is 19.5. The largest absolute Gasteiger partial charge is 0.494 e. The Morgan fingerprint density at radius 3 is 2.41 bits per heavy atom. The van der Waals surface area contributed by atoms with E-state index in [0.29, 0.717) is 23.7 Å². The van der Waals surface area contributed by atoms with Gasteiger partial charge in [0.2, 0.25) is 0 Å². The van der Waals surface area contributed by atoms with Gasteiger partial charge in [-0.25, -0.2) is 0 Å². The number of halogens is 3. The number of alkyl halides is 3. The average molecular weight is 593 g/mol. The number of nitro groups is 1. The van der Waals surface area contributed by atoms with E-state index < -0.39 is 33.1 Å². The number of hydrogen-bond donors (Lipinski definition) is 0. The third kappa shape index (κ3) is 7.79. The van der Waals surface area contributed by atoms with E-state index in [2.05, 4.69) is 14.4 Å². The predicted molar refractivity (Wildman–Crippen MR) is 146 cm³/mol. The van der Waals surface area contributed by atoms with Crippen LogP contribution in [0.1, 0.15) is 30.1 Å². The molecule has 14 heteroatoms. The van der Waals surface area contributed by atoms with Crippen molar-refractivity contribution in [2.75, 3.05) is 30.9 Å². The van der Waals surface area contributed by atoms with Gasteiger partial charge in [0.25, 0.3) is 15.8 Å². The van der Waals surface area contributed by atoms with Crippen LogP contribution in [-0.4, -0.2) is 45.5 Å². The van der Waals surface area contributed by atoms with E-state index in [-0.39, 0.29) is 24.2 Å². The van der Waals surface area contributed by atoms with Crippen LogP contribution in [0.4, 0.5) is 35.9 Å². The zero-order chi connectivity index (χ0) is 29.6. The number of aryl methyl sites for hydroxylation is 1. The Morgan fingerprint density at radius 2 is 1.78 bits per heavy atom. The Kier molecular flexibility index (Phi) is 9.23. The number of azo groups is 1. The van der Waals surface area contributed by atoms with Crippen LogP contribution >= 0.6 is 0 Å². The van der Waals surface area contributed by atoms with Gasteiger partial charge in [0.15, 0.2) is 6.10 Å². The molecule has 0 saturated carbocycles. The molecule has 0 spiro atoms. The lowest BCUT2D eigenvalue weighted by Crippen LogP contribution is -2.32. The van der Waals surface area contributed by atoms with E-state index in [1.165, 1.54) is 61.7 Å². The quantitative estimate of drug-likeness (QED) is 0.104. The molecule has 1 aliphatic rings. The van der Waals surface area contributed by atoms with Crippen LogP contribution in [0.15, 0.2) is 77.0 Å². The fourth-order valence-corrected chi connectivity index (χ4v) is 5.55. The van der Waals surface area contributed by atoms with Crippen LogP contribution in [-0.2, 0) is 20.7 Å². The zero-order valence-electron chi connectivity index (χ0n) is 22.0. The second-order valence-corrected chi connectivity index (χ2v) is 11.0. The van der Waals surface area contributed by atoms with Gasteiger partial charge in [-0.05, 0) is 48.6 Å². The Balaban J connectivity index is 1.44. The maximum absolute atomic E-state index is 13.6. The van der Waals surface area contributed by atoms with Crippen molar-refractivity contribution in [3.8, 4) is 5.75 Å². The van der Waals surface area contributed by atoms with Crippen molar-refractivity contribution in [2.45, 2.75) is 31.5 Å². The first kappa shape index (κ1) is 29.9. The van der Waals surface area contributed by atoms with Crippen molar-refractivity contribution < 1.29 is 35.4 Å². The number of nitrogens with zero attached hydrogens (tertiary/aromatic N) is 4. The highest BCUT2D eigenvalue weighted by Gasteiger charge is 2.44. The number of non-ortho nitro benzene ring substituents is 1. The van der Waals surface area contributed by atoms with Gasteiger partial charge in [0, 0.05) is 37.0 Å². The second-order valence-electron chi connectivity index (χ2n) is 9.26. The summed E-state index contributed by atoms with van der Waals surface area (Å²) < 4.78 is 75.9. The molecule has 1 atom stereocenters. The predicted octanol–water partition coefficient (Wildman–Crippen LogP) is 6.81. The number of rotatable bonds is 11. The van der Waals surface area contributed by atoms with Gasteiger partial charge >= 0.3 is 6.18 Å². The van der Waals surface area contributed by atoms with Crippen LogP contribution in [0.25, 0.3) is 0 Å². The minimum atomic E-state index is -4.90. The molecule has 0 bridgehead atoms. The Morgan fingerprint density at radius 1 is 1.07 bits per heavy atom. The van der Waals surface area contributed by atoms with Crippen LogP contribution < -0.4 is 9.64 Å². The molecule has 0 amide bonds. The number of anilines is 1. The topological polar surface area (TPSA) is 124 Å². The highest BCUT2D eigenvalue weighted by molar-refractivity contribution is 7.86. The van der Waals surface area contributed by atoms with E-state index in [1.807, 2.05) is 11.0 Å². The molecule has 0 aromatic heterocycles. The van der Waals surface area contributed by atoms with Crippen LogP contribution in [0, 0.1) is 10.1 Å². The fraction of sp³-hybridized carbons (Fsp3) is 0.333. The van der Waals surface area contributed by atoms with Gasteiger partial charge in [-0.1, -0.05) is 30.3 Å². The van der Waals surface area contributed by atoms with Crippen molar-refractivity contribution >= 4 is 32.9 Å². The molecular formula is C27H27F3N4O6S. The average Bonchev–Trinajstić information content (AvgIpc) is 2.94. The molecule has 3 aromatic carbocycles. The lowest BCUT2D eigenvalue weighted by molar-refractivity contribution is -0.384. The summed E-state index contributed by atoms with van der Waals surface area (Å²) in [6, 6.07) is 15.8. The minimum absolute atomic E-state index is 0.0467. The smallest absolute Gasteiger partial charge is 0.420 e. The summed E-state index contributed by atoms with van der Waals surface area (Å²) in [6.07, 6.45) is -5.94. The van der Waals surface area contributed by atoms with Crippen molar-refractivity contribution in [1.82, 2.24) is 0 Å². The first-order valence-electron chi connectivity index (χ1n) is 12.6. The Hall–Kier alpha value is -4.04. The van der Waals surface area contributed by atoms with E-state index in [0.717, 1.165) is 24.1 Å². The summed E-state index contributed by atoms with van der Waals surface area (Å²) in [6.45, 7) is 0.889. The summed E-state index contributed by atoms with van der Waals surface area (Å²) in [5.74, 6) is -0.176. The highest BCUT2D eigenvalue weighted by atomic mass is 32.2. The summed E-state index contributed by atoms with van der Waals surface area (Å²) in [5, 5.41) is 19.2. The lowest BCUT2D eigenvalue weighted by Gasteiger charge is -2.32. The van der Waals surface area contributed by atoms with Gasteiger partial charge in [-0.3, -0.25) is 14.3 Å². The summed E-state index contributed by atoms with van der Waals surface area (Å²) in [7, 11) is -3.02. The summed E-state index contributed by atoms with van der Waals surface area (Å²) >= 11 is 0. The van der Waals surface area contributed by atoms with Gasteiger partial charge in [-0.2, -0.15) is 26.7 Å². The molecule has 1 heterocycles. The summed E-state index contributed by atoms with van der Waals surface area (Å²) in [4.78, 5) is 12.3. The molecule has 0 radical (unpaired) electrons. The fourth-order valence-electron chi connectivity index (χ4n) is 4.46. The summed E-state index contributed by atoms with van der Waals surface area (Å²) in [5.41, 5.74) is 2.24. The van der Waals surface area contributed by atoms with E-state index >= 15 is 0 Å². The third-order valence-electron chi connectivity index (χ3n) is 6.39. The minimum Gasteiger partial charge on any atom is -0.494 e. The van der Waals surface area contributed by atoms with Gasteiger partial charge in [0.05, 0.1) is 23.5 Å². The number of ether oxygens (including phenoxy) is 1. The molecule has 0 N–H and O–H groups in total. The van der Waals surface area contributed by atoms with Crippen molar-refractivity contribution in [2.24, 2.45) is 10.2 Å². The molecular weight excluding hydrogens is 565 g/mol. The van der Waals surface area contributed by atoms with E-state index in [9.17, 15) is 31.7 Å². The molecule has 3 aromatic rings. The normalized spacial score (nSPS) is 14.6. The Bertz CT molecular complexity index is 1500. The third-order valence-corrected chi connectivity index (χ3v) is 7.67. The molecule has 10 nitrogen and oxygen atoms in total. The van der Waals surface area contributed by atoms with Gasteiger partial charge in [0.1, 0.15) is 11.4 Å². The standard InChI is InChI=1S/C27H27F3N4O6S/c1-39-25-18-24-20(17-23(25)32-31-21-10-12-22(13-11-21)34(35)36)9-5-14-33(24)15-6-16-41(37,38)40-26(27(28,29)30)19-7-3-2-4-8-19/h2-4,7-8,10-13,17-18,26H,5-6,9,14-16H2,1H3. The lowest BCUT2D eigenvalue weighted by atomic mass is 10.0. The molecule has 4 rings (SSSR count). The second kappa shape index (κ2) is 12.6. The SMILES string of the molecule is COc1cc2c(cc1N=Nc1ccc([N+](=O)[O-])cc1)CCCN2CCCS(=O)(=O)OC(c1ccccc1)C(F)(F)F. The first-order valence-corrected chi connectivity index (χ1v) is 14.2. The number of fused-ring (bicyclic) bond motifs is 1. The monoisotopic (exact) mass is 592 g/mol. The van der Waals surface area contributed by atoms with E-state index in [4.69, 9.17) is 4.74 Å².